The molecule has 140 valence electrons. The summed E-state index contributed by atoms with van der Waals surface area (Å²) in [5.74, 6) is 0.664. The molecule has 0 spiro atoms. The molecule has 1 aromatic heterocycles. The van der Waals surface area contributed by atoms with E-state index >= 15 is 0 Å². The van der Waals surface area contributed by atoms with E-state index in [4.69, 9.17) is 16.3 Å². The van der Waals surface area contributed by atoms with Crippen molar-refractivity contribution in [3.05, 3.63) is 61.4 Å². The molecule has 1 heterocycles. The van der Waals surface area contributed by atoms with Gasteiger partial charge in [-0.15, -0.1) is 0 Å². The summed E-state index contributed by atoms with van der Waals surface area (Å²) >= 11 is 5.81. The molecule has 2 N–H and O–H groups in total. The van der Waals surface area contributed by atoms with Gasteiger partial charge in [-0.25, -0.2) is 4.79 Å². The van der Waals surface area contributed by atoms with Gasteiger partial charge in [-0.05, 0) is 44.0 Å². The number of nitrogens with one attached hydrogen (secondary N) is 2. The zero-order valence-electron chi connectivity index (χ0n) is 14.8. The van der Waals surface area contributed by atoms with Gasteiger partial charge >= 0.3 is 5.69 Å². The fraction of sp³-hybridized carbons (Fsp3) is 0.389. The highest BCUT2D eigenvalue weighted by molar-refractivity contribution is 6.30. The van der Waals surface area contributed by atoms with Gasteiger partial charge < -0.3 is 14.6 Å². The third-order valence-electron chi connectivity index (χ3n) is 3.99. The number of hydrogen-bond donors (Lipinski definition) is 2. The fourth-order valence-corrected chi connectivity index (χ4v) is 2.62. The molecule has 7 nitrogen and oxygen atoms in total. The van der Waals surface area contributed by atoms with Gasteiger partial charge in [0.2, 0.25) is 5.91 Å². The van der Waals surface area contributed by atoms with Gasteiger partial charge in [-0.2, -0.15) is 0 Å². The fourth-order valence-electron chi connectivity index (χ4n) is 2.50. The number of nitrogens with zero attached hydrogens (tertiary/aromatic N) is 1. The number of ether oxygens (including phenoxy) is 1. The number of hydrogen-bond acceptors (Lipinski definition) is 4. The van der Waals surface area contributed by atoms with Crippen LogP contribution in [0.1, 0.15) is 24.1 Å². The molecule has 0 saturated carbocycles. The monoisotopic (exact) mass is 379 g/mol. The Morgan fingerprint density at radius 1 is 1.19 bits per heavy atom. The van der Waals surface area contributed by atoms with Gasteiger partial charge in [0.25, 0.3) is 5.56 Å². The van der Waals surface area contributed by atoms with Crippen LogP contribution in [0.4, 0.5) is 0 Å². The Hall–Kier alpha value is -2.54. The van der Waals surface area contributed by atoms with Gasteiger partial charge in [0, 0.05) is 36.3 Å². The molecular weight excluding hydrogens is 358 g/mol. The van der Waals surface area contributed by atoms with Crippen molar-refractivity contribution in [3.8, 4) is 5.75 Å². The van der Waals surface area contributed by atoms with Crippen molar-refractivity contribution in [2.75, 3.05) is 20.2 Å². The first-order chi connectivity index (χ1) is 12.4. The lowest BCUT2D eigenvalue weighted by Gasteiger charge is -2.17. The summed E-state index contributed by atoms with van der Waals surface area (Å²) in [5, 5.41) is 0.652. The van der Waals surface area contributed by atoms with Crippen LogP contribution < -0.4 is 16.0 Å². The van der Waals surface area contributed by atoms with Crippen LogP contribution in [0.2, 0.25) is 5.02 Å². The summed E-state index contributed by atoms with van der Waals surface area (Å²) in [6.07, 6.45) is 1.16. The lowest BCUT2D eigenvalue weighted by Crippen LogP contribution is -2.31. The first kappa shape index (κ1) is 19.8. The number of carbonyl (C=O) groups is 1. The Kier molecular flexibility index (Phi) is 7.03. The molecule has 0 aliphatic heterocycles. The summed E-state index contributed by atoms with van der Waals surface area (Å²) in [4.78, 5) is 41.5. The molecular formula is C18H22ClN3O4. The lowest BCUT2D eigenvalue weighted by molar-refractivity contribution is -0.129. The number of aryl methyl sites for hydroxylation is 1. The van der Waals surface area contributed by atoms with E-state index in [9.17, 15) is 14.4 Å². The zero-order chi connectivity index (χ0) is 19.1. The Morgan fingerprint density at radius 2 is 1.88 bits per heavy atom. The zero-order valence-corrected chi connectivity index (χ0v) is 15.6. The Labute approximate surface area is 156 Å². The topological polar surface area (TPSA) is 95.3 Å². The molecule has 0 fully saturated rings. The summed E-state index contributed by atoms with van der Waals surface area (Å²) in [7, 11) is 1.72. The summed E-state index contributed by atoms with van der Waals surface area (Å²) in [6, 6.07) is 7.10. The molecule has 0 bridgehead atoms. The van der Waals surface area contributed by atoms with Crippen molar-refractivity contribution in [1.82, 2.24) is 14.9 Å². The predicted molar refractivity (Wildman–Crippen MR) is 99.9 cm³/mol. The van der Waals surface area contributed by atoms with Crippen LogP contribution in [0.5, 0.6) is 5.75 Å². The first-order valence-corrected chi connectivity index (χ1v) is 8.69. The predicted octanol–water partition coefficient (Wildman–Crippen LogP) is 1.89. The van der Waals surface area contributed by atoms with Crippen LogP contribution in [0.25, 0.3) is 0 Å². The third-order valence-corrected chi connectivity index (χ3v) is 4.24. The van der Waals surface area contributed by atoms with Crippen molar-refractivity contribution in [2.45, 2.75) is 26.2 Å². The summed E-state index contributed by atoms with van der Waals surface area (Å²) in [5.41, 5.74) is -0.0681. The van der Waals surface area contributed by atoms with Crippen molar-refractivity contribution in [1.29, 1.82) is 0 Å². The molecule has 26 heavy (non-hydrogen) atoms. The molecule has 0 aliphatic rings. The molecule has 0 saturated heterocycles. The molecule has 0 atom stereocenters. The summed E-state index contributed by atoms with van der Waals surface area (Å²) in [6.45, 7) is 2.68. The van der Waals surface area contributed by atoms with E-state index in [1.165, 1.54) is 0 Å². The molecule has 1 amide bonds. The van der Waals surface area contributed by atoms with Crippen molar-refractivity contribution in [2.24, 2.45) is 0 Å². The van der Waals surface area contributed by atoms with Crippen molar-refractivity contribution >= 4 is 17.5 Å². The van der Waals surface area contributed by atoms with Crippen LogP contribution in [0.15, 0.2) is 33.9 Å². The Morgan fingerprint density at radius 3 is 2.54 bits per heavy atom. The second-order valence-corrected chi connectivity index (χ2v) is 6.42. The molecule has 0 aliphatic carbocycles. The van der Waals surface area contributed by atoms with E-state index in [2.05, 4.69) is 9.97 Å². The van der Waals surface area contributed by atoms with Gasteiger partial charge in [0.05, 0.1) is 6.61 Å². The van der Waals surface area contributed by atoms with Crippen LogP contribution in [-0.4, -0.2) is 41.0 Å². The first-order valence-electron chi connectivity index (χ1n) is 8.31. The largest absolute Gasteiger partial charge is 0.494 e. The number of aromatic nitrogens is 2. The van der Waals surface area contributed by atoms with E-state index in [0.29, 0.717) is 35.9 Å². The molecule has 0 unspecified atom stereocenters. The van der Waals surface area contributed by atoms with Crippen LogP contribution >= 0.6 is 11.6 Å². The standard InChI is InChI=1S/C18H22ClN3O4/c1-12-15(17(24)21-18(25)20-12)8-9-16(23)22(2)10-3-11-26-14-6-4-13(19)5-7-14/h4-7H,3,8-11H2,1-2H3,(H2,20,21,24,25). The molecule has 8 heteroatoms. The second-order valence-electron chi connectivity index (χ2n) is 5.98. The number of H-pyrrole nitrogens is 2. The van der Waals surface area contributed by atoms with E-state index < -0.39 is 11.2 Å². The van der Waals surface area contributed by atoms with Crippen molar-refractivity contribution in [3.63, 3.8) is 0 Å². The number of rotatable bonds is 8. The maximum Gasteiger partial charge on any atom is 0.325 e. The van der Waals surface area contributed by atoms with Gasteiger partial charge in [0.15, 0.2) is 0 Å². The maximum atomic E-state index is 12.2. The number of aromatic amines is 2. The van der Waals surface area contributed by atoms with Crippen molar-refractivity contribution < 1.29 is 9.53 Å². The number of carbonyl (C=O) groups excluding carboxylic acids is 1. The second kappa shape index (κ2) is 9.24. The van der Waals surface area contributed by atoms with Gasteiger partial charge in [0.1, 0.15) is 5.75 Å². The average Bonchev–Trinajstić information content (AvgIpc) is 2.58. The SMILES string of the molecule is Cc1[nH]c(=O)[nH]c(=O)c1CCC(=O)N(C)CCCOc1ccc(Cl)cc1. The Bertz CT molecular complexity index is 858. The molecule has 2 rings (SSSR count). The molecule has 0 radical (unpaired) electrons. The number of halogens is 1. The van der Waals surface area contributed by atoms with Gasteiger partial charge in [-0.3, -0.25) is 14.6 Å². The highest BCUT2D eigenvalue weighted by Crippen LogP contribution is 2.15. The van der Waals surface area contributed by atoms with Crippen LogP contribution in [-0.2, 0) is 11.2 Å². The van der Waals surface area contributed by atoms with E-state index in [1.54, 1.807) is 43.1 Å². The quantitative estimate of drug-likeness (QED) is 0.684. The number of benzene rings is 1. The maximum absolute atomic E-state index is 12.2. The van der Waals surface area contributed by atoms with E-state index in [1.807, 2.05) is 0 Å². The van der Waals surface area contributed by atoms with E-state index in [-0.39, 0.29) is 18.7 Å². The highest BCUT2D eigenvalue weighted by atomic mass is 35.5. The molecule has 1 aromatic carbocycles. The third kappa shape index (κ3) is 5.77. The minimum Gasteiger partial charge on any atom is -0.494 e. The average molecular weight is 380 g/mol. The van der Waals surface area contributed by atoms with Gasteiger partial charge in [-0.1, -0.05) is 11.6 Å². The minimum atomic E-state index is -0.541. The minimum absolute atomic E-state index is 0.0681. The smallest absolute Gasteiger partial charge is 0.325 e. The lowest BCUT2D eigenvalue weighted by atomic mass is 10.1. The van der Waals surface area contributed by atoms with E-state index in [0.717, 1.165) is 5.75 Å². The highest BCUT2D eigenvalue weighted by Gasteiger charge is 2.12. The normalized spacial score (nSPS) is 10.6. The summed E-state index contributed by atoms with van der Waals surface area (Å²) < 4.78 is 5.59. The van der Waals surface area contributed by atoms with Crippen LogP contribution in [0.3, 0.4) is 0 Å². The van der Waals surface area contributed by atoms with Crippen LogP contribution in [0, 0.1) is 6.92 Å². The number of amides is 1. The Balaban J connectivity index is 1.75. The molecule has 2 aromatic rings.